The number of non-ortho nitro benzene ring substituents is 1. The Morgan fingerprint density at radius 2 is 1.77 bits per heavy atom. The number of nitro groups is 1. The van der Waals surface area contributed by atoms with Gasteiger partial charge in [-0.15, -0.1) is 0 Å². The first-order valence-electron chi connectivity index (χ1n) is 13.1. The van der Waals surface area contributed by atoms with Gasteiger partial charge in [-0.1, -0.05) is 39.0 Å². The maximum atomic E-state index is 13.9. The summed E-state index contributed by atoms with van der Waals surface area (Å²) in [6.45, 7) is 9.56. The van der Waals surface area contributed by atoms with E-state index in [2.05, 4.69) is 26.2 Å². The number of aryl methyl sites for hydroxylation is 1. The molecule has 4 rings (SSSR count). The number of hydrazine groups is 1. The lowest BCUT2D eigenvalue weighted by Gasteiger charge is -2.39. The van der Waals surface area contributed by atoms with Crippen LogP contribution in [0.1, 0.15) is 46.1 Å². The molecule has 0 bridgehead atoms. The number of nitro benzene ring substituents is 1. The minimum atomic E-state index is -0.826. The Morgan fingerprint density at radius 3 is 2.38 bits per heavy atom. The van der Waals surface area contributed by atoms with E-state index in [-0.39, 0.29) is 23.4 Å². The molecule has 0 aliphatic carbocycles. The molecule has 39 heavy (non-hydrogen) atoms. The van der Waals surface area contributed by atoms with Gasteiger partial charge in [-0.05, 0) is 55.4 Å². The van der Waals surface area contributed by atoms with E-state index in [4.69, 9.17) is 4.74 Å². The molecule has 1 N–H and O–H groups in total. The van der Waals surface area contributed by atoms with Gasteiger partial charge in [0.05, 0.1) is 16.5 Å². The van der Waals surface area contributed by atoms with Gasteiger partial charge >= 0.3 is 5.97 Å². The average Bonchev–Trinajstić information content (AvgIpc) is 3.11. The van der Waals surface area contributed by atoms with Gasteiger partial charge in [0.25, 0.3) is 11.6 Å². The van der Waals surface area contributed by atoms with Crippen molar-refractivity contribution in [3.8, 4) is 5.75 Å². The first-order valence-corrected chi connectivity index (χ1v) is 13.1. The number of fused-ring (bicyclic) bond motifs is 1. The quantitative estimate of drug-likeness (QED) is 0.119. The number of esters is 1. The number of carbonyl (C=O) groups is 3. The number of hydrogen-bond acceptors (Lipinski definition) is 8. The highest BCUT2D eigenvalue weighted by atomic mass is 16.6. The van der Waals surface area contributed by atoms with Gasteiger partial charge in [0.1, 0.15) is 11.8 Å². The maximum Gasteiger partial charge on any atom is 0.308 e. The van der Waals surface area contributed by atoms with E-state index >= 15 is 0 Å². The van der Waals surface area contributed by atoms with Crippen LogP contribution < -0.4 is 15.1 Å². The van der Waals surface area contributed by atoms with Gasteiger partial charge in [-0.3, -0.25) is 24.5 Å². The Bertz CT molecular complexity index is 1310. The molecule has 2 aliphatic heterocycles. The van der Waals surface area contributed by atoms with E-state index in [1.165, 1.54) is 25.1 Å². The molecule has 2 heterocycles. The van der Waals surface area contributed by atoms with E-state index in [0.717, 1.165) is 17.7 Å². The zero-order valence-electron chi connectivity index (χ0n) is 22.8. The molecule has 0 aromatic heterocycles. The number of anilines is 2. The highest BCUT2D eigenvalue weighted by Gasteiger charge is 2.53. The van der Waals surface area contributed by atoms with E-state index < -0.39 is 28.8 Å². The predicted molar refractivity (Wildman–Crippen MR) is 147 cm³/mol. The summed E-state index contributed by atoms with van der Waals surface area (Å²) in [4.78, 5) is 50.9. The van der Waals surface area contributed by atoms with Crippen LogP contribution in [0.3, 0.4) is 0 Å². The third kappa shape index (κ3) is 6.01. The number of rotatable bonds is 9. The summed E-state index contributed by atoms with van der Waals surface area (Å²) in [5, 5.41) is 12.9. The second kappa shape index (κ2) is 11.4. The molecule has 2 aromatic rings. The molecular formula is C29H34N4O6. The molecular weight excluding hydrogens is 500 g/mol. The van der Waals surface area contributed by atoms with Crippen molar-refractivity contribution in [1.82, 2.24) is 5.01 Å². The molecule has 3 unspecified atom stereocenters. The summed E-state index contributed by atoms with van der Waals surface area (Å²) in [7, 11) is 0. The molecule has 2 aromatic carbocycles. The number of nitrogens with one attached hydrogen (secondary N) is 1. The molecule has 4 atom stereocenters. The van der Waals surface area contributed by atoms with Gasteiger partial charge in [0.2, 0.25) is 5.91 Å². The number of benzene rings is 2. The van der Waals surface area contributed by atoms with Crippen LogP contribution in [-0.2, 0) is 14.4 Å². The largest absolute Gasteiger partial charge is 0.426 e. The Hall–Kier alpha value is -4.05. The highest BCUT2D eigenvalue weighted by molar-refractivity contribution is 6.24. The van der Waals surface area contributed by atoms with Gasteiger partial charge in [-0.2, -0.15) is 0 Å². The van der Waals surface area contributed by atoms with Crippen molar-refractivity contribution in [2.45, 2.75) is 59.5 Å². The van der Waals surface area contributed by atoms with Gasteiger partial charge in [-0.25, -0.2) is 9.91 Å². The number of imide groups is 1. The Labute approximate surface area is 227 Å². The highest BCUT2D eigenvalue weighted by Crippen LogP contribution is 2.38. The third-order valence-corrected chi connectivity index (χ3v) is 7.05. The number of hydrogen-bond donors (Lipinski definition) is 1. The Kier molecular flexibility index (Phi) is 8.15. The van der Waals surface area contributed by atoms with Crippen LogP contribution in [0.15, 0.2) is 54.6 Å². The van der Waals surface area contributed by atoms with Crippen LogP contribution in [0.4, 0.5) is 17.1 Å². The summed E-state index contributed by atoms with van der Waals surface area (Å²) in [6, 6.07) is 9.84. The average molecular weight is 535 g/mol. The summed E-state index contributed by atoms with van der Waals surface area (Å²) < 4.78 is 5.28. The van der Waals surface area contributed by atoms with Crippen LogP contribution in [-0.4, -0.2) is 39.8 Å². The third-order valence-electron chi connectivity index (χ3n) is 7.05. The normalized spacial score (nSPS) is 21.7. The molecule has 2 aliphatic rings. The van der Waals surface area contributed by atoms with Crippen molar-refractivity contribution in [2.24, 2.45) is 17.8 Å². The second-order valence-corrected chi connectivity index (χ2v) is 10.8. The summed E-state index contributed by atoms with van der Waals surface area (Å²) in [5.74, 6) is -0.849. The van der Waals surface area contributed by atoms with Crippen molar-refractivity contribution in [1.29, 1.82) is 0 Å². The molecule has 0 spiro atoms. The molecule has 10 heteroatoms. The summed E-state index contributed by atoms with van der Waals surface area (Å²) >= 11 is 0. The number of carbonyl (C=O) groups excluding carboxylic acids is 3. The van der Waals surface area contributed by atoms with Gasteiger partial charge in [0, 0.05) is 36.9 Å². The van der Waals surface area contributed by atoms with E-state index in [9.17, 15) is 24.5 Å². The zero-order valence-corrected chi connectivity index (χ0v) is 22.8. The fourth-order valence-electron chi connectivity index (χ4n) is 5.42. The lowest BCUT2D eigenvalue weighted by molar-refractivity contribution is -0.384. The summed E-state index contributed by atoms with van der Waals surface area (Å²) in [6.07, 6.45) is 5.53. The van der Waals surface area contributed by atoms with Crippen LogP contribution >= 0.6 is 0 Å². The van der Waals surface area contributed by atoms with Crippen molar-refractivity contribution >= 4 is 34.8 Å². The standard InChI is InChI=1S/C29H34N4O6/c1-17(2)14-18(3)15-24-12-13-25-27(32(24)30-21-7-10-22(11-8-21)33(37)38)29(36)31(28(25)35)23-9-6-19(4)26(16-23)39-20(5)34/h6-13,16-18,24-25,27,30H,14-15H2,1-5H3/t18?,24?,25-,27?/m1/s1. The van der Waals surface area contributed by atoms with Crippen molar-refractivity contribution in [3.05, 3.63) is 70.3 Å². The molecule has 206 valence electrons. The smallest absolute Gasteiger partial charge is 0.308 e. The van der Waals surface area contributed by atoms with Crippen LogP contribution in [0.2, 0.25) is 0 Å². The maximum absolute atomic E-state index is 13.9. The minimum absolute atomic E-state index is 0.0414. The molecule has 0 saturated carbocycles. The fraction of sp³-hybridized carbons (Fsp3) is 0.414. The van der Waals surface area contributed by atoms with Crippen molar-refractivity contribution in [3.63, 3.8) is 0 Å². The molecule has 1 saturated heterocycles. The monoisotopic (exact) mass is 534 g/mol. The number of ether oxygens (including phenoxy) is 1. The molecule has 1 fully saturated rings. The van der Waals surface area contributed by atoms with E-state index in [1.807, 2.05) is 17.2 Å². The van der Waals surface area contributed by atoms with Crippen molar-refractivity contribution in [2.75, 3.05) is 10.3 Å². The minimum Gasteiger partial charge on any atom is -0.426 e. The van der Waals surface area contributed by atoms with E-state index in [0.29, 0.717) is 28.8 Å². The Balaban J connectivity index is 1.68. The molecule has 10 nitrogen and oxygen atoms in total. The first kappa shape index (κ1) is 28.0. The fourth-order valence-corrected chi connectivity index (χ4v) is 5.42. The van der Waals surface area contributed by atoms with Crippen LogP contribution in [0, 0.1) is 34.8 Å². The van der Waals surface area contributed by atoms with Crippen molar-refractivity contribution < 1.29 is 24.0 Å². The predicted octanol–water partition coefficient (Wildman–Crippen LogP) is 5.03. The topological polar surface area (TPSA) is 122 Å². The Morgan fingerprint density at radius 1 is 1.08 bits per heavy atom. The lowest BCUT2D eigenvalue weighted by Crippen LogP contribution is -2.54. The lowest BCUT2D eigenvalue weighted by atomic mass is 9.88. The summed E-state index contributed by atoms with van der Waals surface area (Å²) in [5.41, 5.74) is 4.85. The van der Waals surface area contributed by atoms with Gasteiger partial charge < -0.3 is 10.2 Å². The molecule has 0 radical (unpaired) electrons. The number of amides is 2. The SMILES string of the molecule is CC(=O)Oc1cc(N2C(=O)C3[C@@H](C=CC(CC(C)CC(C)C)N3Nc3ccc([N+](=O)[O-])cc3)C2=O)ccc1C. The second-order valence-electron chi connectivity index (χ2n) is 10.8. The van der Waals surface area contributed by atoms with Crippen LogP contribution in [0.25, 0.3) is 0 Å². The first-order chi connectivity index (χ1) is 18.5. The van der Waals surface area contributed by atoms with Gasteiger partial charge in [0.15, 0.2) is 0 Å². The number of nitrogens with zero attached hydrogens (tertiary/aromatic N) is 3. The van der Waals surface area contributed by atoms with Crippen LogP contribution in [0.5, 0.6) is 5.75 Å². The van der Waals surface area contributed by atoms with E-state index in [1.54, 1.807) is 31.2 Å². The zero-order chi connectivity index (χ0) is 28.4. The molecule has 2 amide bonds.